The summed E-state index contributed by atoms with van der Waals surface area (Å²) in [6.07, 6.45) is 5.28. The molecule has 0 spiro atoms. The second-order valence-electron chi connectivity index (χ2n) is 7.03. The fourth-order valence-corrected chi connectivity index (χ4v) is 4.46. The van der Waals surface area contributed by atoms with Gasteiger partial charge in [-0.25, -0.2) is 9.67 Å². The predicted molar refractivity (Wildman–Crippen MR) is 95.5 cm³/mol. The highest BCUT2D eigenvalue weighted by molar-refractivity contribution is 6.30. The fraction of sp³-hybridized carbons (Fsp3) is 0.500. The van der Waals surface area contributed by atoms with E-state index >= 15 is 0 Å². The van der Waals surface area contributed by atoms with Crippen LogP contribution in [0, 0.1) is 0 Å². The Morgan fingerprint density at radius 2 is 2.08 bits per heavy atom. The van der Waals surface area contributed by atoms with Crippen molar-refractivity contribution in [3.05, 3.63) is 47.0 Å². The van der Waals surface area contributed by atoms with Crippen LogP contribution >= 0.6 is 11.6 Å². The molecule has 1 aromatic heterocycles. The minimum atomic E-state index is -0.0414. The summed E-state index contributed by atoms with van der Waals surface area (Å²) in [5.41, 5.74) is 7.35. The number of halogens is 1. The minimum Gasteiger partial charge on any atom is -0.331 e. The van der Waals surface area contributed by atoms with E-state index in [9.17, 15) is 4.79 Å². The second-order valence-corrected chi connectivity index (χ2v) is 7.47. The van der Waals surface area contributed by atoms with Gasteiger partial charge < -0.3 is 10.6 Å². The Balaban J connectivity index is 1.50. The molecule has 4 rings (SSSR count). The molecule has 6 nitrogen and oxygen atoms in total. The number of nitrogens with two attached hydrogens (primary N) is 1. The summed E-state index contributed by atoms with van der Waals surface area (Å²) in [7, 11) is 0. The van der Waals surface area contributed by atoms with E-state index in [2.05, 4.69) is 16.1 Å². The molecule has 2 aromatic rings. The molecule has 0 atom stereocenters. The van der Waals surface area contributed by atoms with Gasteiger partial charge in [-0.05, 0) is 43.4 Å². The van der Waals surface area contributed by atoms with Crippen LogP contribution in [0.2, 0.25) is 5.02 Å². The maximum Gasteiger partial charge on any atom is 0.291 e. The third-order valence-corrected chi connectivity index (χ3v) is 6.04. The Morgan fingerprint density at radius 3 is 2.80 bits per heavy atom. The first-order chi connectivity index (χ1) is 12.1. The lowest BCUT2D eigenvalue weighted by molar-refractivity contribution is 0.0514. The first-order valence-corrected chi connectivity index (χ1v) is 9.16. The van der Waals surface area contributed by atoms with Crippen LogP contribution in [0.25, 0.3) is 0 Å². The van der Waals surface area contributed by atoms with Crippen molar-refractivity contribution < 1.29 is 4.79 Å². The van der Waals surface area contributed by atoms with E-state index in [0.29, 0.717) is 25.5 Å². The van der Waals surface area contributed by atoms with Crippen molar-refractivity contribution in [3.8, 4) is 0 Å². The van der Waals surface area contributed by atoms with Crippen molar-refractivity contribution in [2.45, 2.75) is 43.7 Å². The molecule has 2 N–H and O–H groups in total. The van der Waals surface area contributed by atoms with E-state index in [0.717, 1.165) is 30.7 Å². The molecule has 1 saturated carbocycles. The summed E-state index contributed by atoms with van der Waals surface area (Å²) in [4.78, 5) is 18.8. The zero-order chi connectivity index (χ0) is 17.4. The summed E-state index contributed by atoms with van der Waals surface area (Å²) in [5.74, 6) is 0.452. The number of hydrogen-bond donors (Lipinski definition) is 1. The van der Waals surface area contributed by atoms with Gasteiger partial charge in [0.25, 0.3) is 5.91 Å². The molecule has 1 fully saturated rings. The topological polar surface area (TPSA) is 77.0 Å². The van der Waals surface area contributed by atoms with Gasteiger partial charge in [0.1, 0.15) is 6.33 Å². The molecule has 1 aliphatic heterocycles. The van der Waals surface area contributed by atoms with Crippen molar-refractivity contribution in [2.24, 2.45) is 5.73 Å². The van der Waals surface area contributed by atoms with Gasteiger partial charge >= 0.3 is 0 Å². The number of carbonyl (C=O) groups excluding carboxylic acids is 1. The van der Waals surface area contributed by atoms with Crippen LogP contribution in [0.1, 0.15) is 41.9 Å². The van der Waals surface area contributed by atoms with Crippen LogP contribution in [0.5, 0.6) is 0 Å². The summed E-state index contributed by atoms with van der Waals surface area (Å²) in [6, 6.07) is 8.28. The molecule has 1 aromatic carbocycles. The van der Waals surface area contributed by atoms with Gasteiger partial charge in [0.05, 0.1) is 6.54 Å². The standard InChI is InChI=1S/C18H22ClN5O/c19-14-3-1-2-13(10-14)18(11-20)6-4-15(5-7-18)23-8-9-24-16(17(23)25)21-12-22-24/h1-3,10,12,15H,4-9,11,20H2/t15-,18+. The summed E-state index contributed by atoms with van der Waals surface area (Å²) in [5, 5.41) is 4.85. The first-order valence-electron chi connectivity index (χ1n) is 8.78. The maximum absolute atomic E-state index is 12.7. The van der Waals surface area contributed by atoms with E-state index in [1.165, 1.54) is 11.9 Å². The molecule has 0 bridgehead atoms. The van der Waals surface area contributed by atoms with E-state index in [1.54, 1.807) is 4.68 Å². The van der Waals surface area contributed by atoms with E-state index in [1.807, 2.05) is 23.1 Å². The van der Waals surface area contributed by atoms with E-state index < -0.39 is 0 Å². The van der Waals surface area contributed by atoms with Gasteiger partial charge in [-0.3, -0.25) is 4.79 Å². The number of hydrogen-bond acceptors (Lipinski definition) is 4. The number of amides is 1. The van der Waals surface area contributed by atoms with Gasteiger partial charge in [0.2, 0.25) is 5.82 Å². The smallest absolute Gasteiger partial charge is 0.291 e. The normalized spacial score (nSPS) is 26.6. The van der Waals surface area contributed by atoms with E-state index in [-0.39, 0.29) is 17.4 Å². The Bertz CT molecular complexity index is 781. The quantitative estimate of drug-likeness (QED) is 0.911. The third kappa shape index (κ3) is 2.83. The van der Waals surface area contributed by atoms with Crippen molar-refractivity contribution >= 4 is 17.5 Å². The van der Waals surface area contributed by atoms with Gasteiger partial charge in [0, 0.05) is 29.6 Å². The predicted octanol–water partition coefficient (Wildman–Crippen LogP) is 2.23. The molecule has 0 radical (unpaired) electrons. The zero-order valence-electron chi connectivity index (χ0n) is 14.1. The second kappa shape index (κ2) is 6.42. The van der Waals surface area contributed by atoms with Gasteiger partial charge in [-0.2, -0.15) is 5.10 Å². The lowest BCUT2D eigenvalue weighted by atomic mass is 9.68. The molecule has 25 heavy (non-hydrogen) atoms. The largest absolute Gasteiger partial charge is 0.331 e. The SMILES string of the molecule is NC[C@]1(c2cccc(Cl)c2)CC[C@@H](N2CCn3ncnc3C2=O)CC1. The van der Waals surface area contributed by atoms with Crippen molar-refractivity contribution in [1.82, 2.24) is 19.7 Å². The molecule has 2 aliphatic rings. The van der Waals surface area contributed by atoms with Gasteiger partial charge in [-0.15, -0.1) is 0 Å². The molecular formula is C18H22ClN5O. The number of fused-ring (bicyclic) bond motifs is 1. The van der Waals surface area contributed by atoms with Crippen LogP contribution in [0.4, 0.5) is 0 Å². The first kappa shape index (κ1) is 16.5. The van der Waals surface area contributed by atoms with Gasteiger partial charge in [0.15, 0.2) is 0 Å². The monoisotopic (exact) mass is 359 g/mol. The van der Waals surface area contributed by atoms with Crippen molar-refractivity contribution in [1.29, 1.82) is 0 Å². The third-order valence-electron chi connectivity index (χ3n) is 5.80. The van der Waals surface area contributed by atoms with Gasteiger partial charge in [-0.1, -0.05) is 23.7 Å². The summed E-state index contributed by atoms with van der Waals surface area (Å²) >= 11 is 6.18. The van der Waals surface area contributed by atoms with Crippen LogP contribution in [0.3, 0.4) is 0 Å². The lowest BCUT2D eigenvalue weighted by Crippen LogP contribution is -2.51. The Labute approximate surface area is 152 Å². The number of benzene rings is 1. The van der Waals surface area contributed by atoms with Crippen LogP contribution in [-0.4, -0.2) is 44.7 Å². The Hall–Kier alpha value is -1.92. The van der Waals surface area contributed by atoms with Crippen molar-refractivity contribution in [3.63, 3.8) is 0 Å². The molecule has 7 heteroatoms. The molecule has 1 aliphatic carbocycles. The van der Waals surface area contributed by atoms with E-state index in [4.69, 9.17) is 17.3 Å². The highest BCUT2D eigenvalue weighted by Crippen LogP contribution is 2.41. The number of carbonyl (C=O) groups is 1. The summed E-state index contributed by atoms with van der Waals surface area (Å²) < 4.78 is 1.69. The molecule has 2 heterocycles. The van der Waals surface area contributed by atoms with Crippen LogP contribution in [0.15, 0.2) is 30.6 Å². The number of aromatic nitrogens is 3. The molecule has 1 amide bonds. The number of nitrogens with zero attached hydrogens (tertiary/aromatic N) is 4. The Kier molecular flexibility index (Phi) is 4.25. The molecular weight excluding hydrogens is 338 g/mol. The fourth-order valence-electron chi connectivity index (χ4n) is 4.27. The van der Waals surface area contributed by atoms with Crippen molar-refractivity contribution in [2.75, 3.05) is 13.1 Å². The average molecular weight is 360 g/mol. The molecule has 0 saturated heterocycles. The Morgan fingerprint density at radius 1 is 1.28 bits per heavy atom. The molecule has 132 valence electrons. The highest BCUT2D eigenvalue weighted by atomic mass is 35.5. The maximum atomic E-state index is 12.7. The summed E-state index contributed by atoms with van der Waals surface area (Å²) in [6.45, 7) is 2.02. The molecule has 0 unspecified atom stereocenters. The van der Waals surface area contributed by atoms with Crippen LogP contribution in [-0.2, 0) is 12.0 Å². The highest BCUT2D eigenvalue weighted by Gasteiger charge is 2.40. The minimum absolute atomic E-state index is 0.00301. The number of rotatable bonds is 3. The average Bonchev–Trinajstić information content (AvgIpc) is 3.12. The van der Waals surface area contributed by atoms with Crippen LogP contribution < -0.4 is 5.73 Å². The lowest BCUT2D eigenvalue weighted by Gasteiger charge is -2.44. The zero-order valence-corrected chi connectivity index (χ0v) is 14.8.